The summed E-state index contributed by atoms with van der Waals surface area (Å²) in [6, 6.07) is 13.0. The van der Waals surface area contributed by atoms with E-state index in [0.717, 1.165) is 16.9 Å². The molecule has 0 saturated heterocycles. The van der Waals surface area contributed by atoms with Crippen molar-refractivity contribution in [2.75, 3.05) is 21.3 Å². The van der Waals surface area contributed by atoms with Crippen molar-refractivity contribution in [2.24, 2.45) is 0 Å². The highest BCUT2D eigenvalue weighted by molar-refractivity contribution is 5.91. The van der Waals surface area contributed by atoms with Crippen molar-refractivity contribution in [2.45, 2.75) is 6.54 Å². The molecule has 1 N–H and O–H groups in total. The van der Waals surface area contributed by atoms with Crippen molar-refractivity contribution in [1.82, 2.24) is 5.32 Å². The molecule has 0 radical (unpaired) electrons. The maximum atomic E-state index is 12.0. The average Bonchev–Trinajstić information content (AvgIpc) is 2.64. The maximum absolute atomic E-state index is 12.0. The molecular weight excluding hydrogens is 306 g/mol. The van der Waals surface area contributed by atoms with E-state index < -0.39 is 0 Å². The molecule has 0 fully saturated rings. The fourth-order valence-corrected chi connectivity index (χ4v) is 2.22. The highest BCUT2D eigenvalue weighted by Crippen LogP contribution is 2.27. The molecule has 0 spiro atoms. The van der Waals surface area contributed by atoms with Crippen molar-refractivity contribution in [3.05, 3.63) is 59.7 Å². The third kappa shape index (κ3) is 4.52. The normalized spacial score (nSPS) is 10.5. The number of nitrogens with one attached hydrogen (secondary N) is 1. The summed E-state index contributed by atoms with van der Waals surface area (Å²) in [7, 11) is 4.77. The predicted octanol–water partition coefficient (Wildman–Crippen LogP) is 3.04. The van der Waals surface area contributed by atoms with E-state index >= 15 is 0 Å². The van der Waals surface area contributed by atoms with E-state index in [1.54, 1.807) is 33.5 Å². The van der Waals surface area contributed by atoms with Crippen LogP contribution in [0.2, 0.25) is 0 Å². The lowest BCUT2D eigenvalue weighted by Crippen LogP contribution is -2.20. The van der Waals surface area contributed by atoms with E-state index in [0.29, 0.717) is 18.0 Å². The lowest BCUT2D eigenvalue weighted by atomic mass is 10.2. The van der Waals surface area contributed by atoms with Gasteiger partial charge in [0, 0.05) is 18.2 Å². The number of methoxy groups -OCH3 is 3. The van der Waals surface area contributed by atoms with E-state index in [2.05, 4.69) is 5.32 Å². The van der Waals surface area contributed by atoms with Crippen LogP contribution in [0.4, 0.5) is 0 Å². The van der Waals surface area contributed by atoms with Crippen LogP contribution < -0.4 is 19.5 Å². The molecule has 0 heterocycles. The van der Waals surface area contributed by atoms with Crippen LogP contribution in [0.3, 0.4) is 0 Å². The van der Waals surface area contributed by atoms with Gasteiger partial charge in [-0.15, -0.1) is 0 Å². The number of carbonyl (C=O) groups is 1. The molecule has 0 unspecified atom stereocenters. The molecule has 0 saturated carbocycles. The number of hydrogen-bond donors (Lipinski definition) is 1. The van der Waals surface area contributed by atoms with E-state index in [-0.39, 0.29) is 5.91 Å². The highest BCUT2D eigenvalue weighted by Gasteiger charge is 2.04. The van der Waals surface area contributed by atoms with Gasteiger partial charge in [-0.05, 0) is 29.8 Å². The van der Waals surface area contributed by atoms with Gasteiger partial charge in [0.2, 0.25) is 5.91 Å². The third-order valence-corrected chi connectivity index (χ3v) is 3.48. The minimum absolute atomic E-state index is 0.185. The second-order valence-corrected chi connectivity index (χ2v) is 4.98. The van der Waals surface area contributed by atoms with Crippen molar-refractivity contribution >= 4 is 12.0 Å². The molecule has 24 heavy (non-hydrogen) atoms. The lowest BCUT2D eigenvalue weighted by Gasteiger charge is -2.08. The summed E-state index contributed by atoms with van der Waals surface area (Å²) in [5, 5.41) is 2.83. The molecule has 126 valence electrons. The molecule has 0 aliphatic rings. The van der Waals surface area contributed by atoms with E-state index in [9.17, 15) is 4.79 Å². The Labute approximate surface area is 141 Å². The third-order valence-electron chi connectivity index (χ3n) is 3.48. The van der Waals surface area contributed by atoms with Crippen molar-refractivity contribution in [3.63, 3.8) is 0 Å². The molecule has 0 aliphatic carbocycles. The van der Waals surface area contributed by atoms with Crippen LogP contribution >= 0.6 is 0 Å². The molecule has 2 rings (SSSR count). The first kappa shape index (κ1) is 17.4. The number of para-hydroxylation sites is 1. The van der Waals surface area contributed by atoms with Gasteiger partial charge in [0.05, 0.1) is 21.3 Å². The molecule has 5 nitrogen and oxygen atoms in total. The number of benzene rings is 2. The molecule has 5 heteroatoms. The first-order valence-corrected chi connectivity index (χ1v) is 7.47. The van der Waals surface area contributed by atoms with Crippen LogP contribution in [0.25, 0.3) is 6.08 Å². The topological polar surface area (TPSA) is 56.8 Å². The van der Waals surface area contributed by atoms with Crippen LogP contribution in [-0.2, 0) is 11.3 Å². The molecule has 0 aliphatic heterocycles. The molecule has 0 atom stereocenters. The Morgan fingerprint density at radius 1 is 0.958 bits per heavy atom. The number of rotatable bonds is 7. The first-order valence-electron chi connectivity index (χ1n) is 7.47. The molecule has 1 amide bonds. The Kier molecular flexibility index (Phi) is 6.25. The number of amides is 1. The molecular formula is C19H21NO4. The summed E-state index contributed by atoms with van der Waals surface area (Å²) in [6.45, 7) is 0.402. The van der Waals surface area contributed by atoms with Crippen molar-refractivity contribution in [3.8, 4) is 17.2 Å². The highest BCUT2D eigenvalue weighted by atomic mass is 16.5. The zero-order valence-electron chi connectivity index (χ0n) is 14.0. The Bertz CT molecular complexity index is 725. The van der Waals surface area contributed by atoms with Crippen LogP contribution in [-0.4, -0.2) is 27.2 Å². The van der Waals surface area contributed by atoms with Gasteiger partial charge in [0.15, 0.2) is 11.5 Å². The van der Waals surface area contributed by atoms with Crippen LogP contribution in [0.5, 0.6) is 17.2 Å². The molecule has 0 aromatic heterocycles. The smallest absolute Gasteiger partial charge is 0.244 e. The van der Waals surface area contributed by atoms with Gasteiger partial charge in [0.1, 0.15) is 5.75 Å². The number of hydrogen-bond acceptors (Lipinski definition) is 4. The van der Waals surface area contributed by atoms with Crippen molar-refractivity contribution in [1.29, 1.82) is 0 Å². The summed E-state index contributed by atoms with van der Waals surface area (Å²) < 4.78 is 15.7. The number of ether oxygens (including phenoxy) is 3. The summed E-state index contributed by atoms with van der Waals surface area (Å²) in [6.07, 6.45) is 3.20. The fourth-order valence-electron chi connectivity index (χ4n) is 2.22. The summed E-state index contributed by atoms with van der Waals surface area (Å²) in [5.74, 6) is 1.83. The second kappa shape index (κ2) is 8.62. The maximum Gasteiger partial charge on any atom is 0.244 e. The first-order chi connectivity index (χ1) is 11.7. The summed E-state index contributed by atoms with van der Waals surface area (Å²) in [5.41, 5.74) is 1.77. The lowest BCUT2D eigenvalue weighted by molar-refractivity contribution is -0.116. The Hall–Kier alpha value is -2.95. The van der Waals surface area contributed by atoms with E-state index in [1.165, 1.54) is 6.08 Å². The monoisotopic (exact) mass is 327 g/mol. The molecule has 2 aromatic rings. The Balaban J connectivity index is 1.98. The van der Waals surface area contributed by atoms with Gasteiger partial charge in [0.25, 0.3) is 0 Å². The van der Waals surface area contributed by atoms with Gasteiger partial charge in [-0.25, -0.2) is 0 Å². The quantitative estimate of drug-likeness (QED) is 0.794. The zero-order valence-corrected chi connectivity index (χ0v) is 14.0. The van der Waals surface area contributed by atoms with Gasteiger partial charge < -0.3 is 19.5 Å². The van der Waals surface area contributed by atoms with Crippen LogP contribution in [0.15, 0.2) is 48.5 Å². The largest absolute Gasteiger partial charge is 0.496 e. The Morgan fingerprint density at radius 3 is 2.38 bits per heavy atom. The van der Waals surface area contributed by atoms with E-state index in [1.807, 2.05) is 36.4 Å². The van der Waals surface area contributed by atoms with Crippen LogP contribution in [0, 0.1) is 0 Å². The van der Waals surface area contributed by atoms with Crippen molar-refractivity contribution < 1.29 is 19.0 Å². The summed E-state index contributed by atoms with van der Waals surface area (Å²) in [4.78, 5) is 12.0. The fraction of sp³-hybridized carbons (Fsp3) is 0.211. The van der Waals surface area contributed by atoms with Gasteiger partial charge in [-0.2, -0.15) is 0 Å². The van der Waals surface area contributed by atoms with Crippen LogP contribution in [0.1, 0.15) is 11.1 Å². The SMILES string of the molecule is COc1ccccc1CNC(=O)C=Cc1ccc(OC)c(OC)c1. The summed E-state index contributed by atoms with van der Waals surface area (Å²) >= 11 is 0. The zero-order chi connectivity index (χ0) is 17.4. The number of carbonyl (C=O) groups excluding carboxylic acids is 1. The van der Waals surface area contributed by atoms with E-state index in [4.69, 9.17) is 14.2 Å². The minimum atomic E-state index is -0.185. The standard InChI is InChI=1S/C19H21NO4/c1-22-16-7-5-4-6-15(16)13-20-19(21)11-9-14-8-10-17(23-2)18(12-14)24-3/h4-12H,13H2,1-3H3,(H,20,21). The predicted molar refractivity (Wildman–Crippen MR) is 93.4 cm³/mol. The van der Waals surface area contributed by atoms with Gasteiger partial charge in [-0.3, -0.25) is 4.79 Å². The average molecular weight is 327 g/mol. The Morgan fingerprint density at radius 2 is 1.67 bits per heavy atom. The second-order valence-electron chi connectivity index (χ2n) is 4.98. The molecule has 0 bridgehead atoms. The minimum Gasteiger partial charge on any atom is -0.496 e. The van der Waals surface area contributed by atoms with Gasteiger partial charge >= 0.3 is 0 Å². The molecule has 2 aromatic carbocycles. The van der Waals surface area contributed by atoms with Gasteiger partial charge in [-0.1, -0.05) is 24.3 Å².